The number of rotatable bonds is 7. The Balaban J connectivity index is 1.73. The second kappa shape index (κ2) is 7.76. The first-order chi connectivity index (χ1) is 9.78. The van der Waals surface area contributed by atoms with Crippen molar-refractivity contribution in [1.82, 2.24) is 0 Å². The van der Waals surface area contributed by atoms with Crippen LogP contribution in [-0.4, -0.2) is 21.6 Å². The van der Waals surface area contributed by atoms with Gasteiger partial charge in [0.15, 0.2) is 0 Å². The van der Waals surface area contributed by atoms with E-state index < -0.39 is 0 Å². The Bertz CT molecular complexity index is 496. The molecule has 0 aromatic heterocycles. The quantitative estimate of drug-likeness (QED) is 0.715. The summed E-state index contributed by atoms with van der Waals surface area (Å²) in [4.78, 5) is 0. The van der Waals surface area contributed by atoms with E-state index in [0.717, 1.165) is 12.2 Å². The highest BCUT2D eigenvalue weighted by Gasteiger charge is 2.04. The van der Waals surface area contributed by atoms with Crippen LogP contribution in [0.1, 0.15) is 11.1 Å². The molecule has 0 heterocycles. The fourth-order valence-electron chi connectivity index (χ4n) is 2.03. The molecule has 0 fully saturated rings. The van der Waals surface area contributed by atoms with Crippen LogP contribution in [0.25, 0.3) is 0 Å². The summed E-state index contributed by atoms with van der Waals surface area (Å²) in [6, 6.07) is 18.1. The highest BCUT2D eigenvalue weighted by atomic mass is 16.5. The van der Waals surface area contributed by atoms with Crippen molar-refractivity contribution in [2.45, 2.75) is 18.8 Å². The Morgan fingerprint density at radius 3 is 2.30 bits per heavy atom. The molecule has 20 heavy (non-hydrogen) atoms. The minimum Gasteiger partial charge on any atom is -0.497 e. The van der Waals surface area contributed by atoms with E-state index in [1.54, 1.807) is 7.11 Å². The molecular weight excluding hydrogens is 247 g/mol. The molecule has 0 N–H and O–H groups in total. The molecule has 0 saturated carbocycles. The second-order valence-corrected chi connectivity index (χ2v) is 4.81. The molecule has 0 saturated heterocycles. The van der Waals surface area contributed by atoms with Crippen LogP contribution in [0, 0.1) is 0 Å². The maximum absolute atomic E-state index is 6.08. The van der Waals surface area contributed by atoms with Gasteiger partial charge in [-0.25, -0.2) is 0 Å². The maximum atomic E-state index is 6.08. The van der Waals surface area contributed by atoms with E-state index in [0.29, 0.717) is 13.2 Å². The fourth-order valence-corrected chi connectivity index (χ4v) is 2.03. The molecule has 2 rings (SSSR count). The number of ether oxygens (including phenoxy) is 2. The van der Waals surface area contributed by atoms with Gasteiger partial charge in [0.1, 0.15) is 5.75 Å². The molecule has 0 amide bonds. The molecule has 0 spiro atoms. The van der Waals surface area contributed by atoms with Gasteiger partial charge in [0.05, 0.1) is 21.6 Å². The van der Waals surface area contributed by atoms with Crippen LogP contribution in [0.5, 0.6) is 5.75 Å². The lowest BCUT2D eigenvalue weighted by molar-refractivity contribution is 0.119. The van der Waals surface area contributed by atoms with E-state index in [-0.39, 0.29) is 5.82 Å². The number of hydrogen-bond acceptors (Lipinski definition) is 2. The molecule has 0 aliphatic rings. The summed E-state index contributed by atoms with van der Waals surface area (Å²) in [6.07, 6.45) is 0.804. The van der Waals surface area contributed by atoms with Crippen molar-refractivity contribution in [3.05, 3.63) is 65.7 Å². The van der Waals surface area contributed by atoms with Crippen LogP contribution >= 0.6 is 0 Å². The molecule has 1 unspecified atom stereocenters. The standard InChI is InChI=1S/C17H19BO2/c1-19-17-9-7-14(8-10-17)11-16(18)13-20-12-15-5-3-2-4-6-15/h2-10,16H,11-13H2,1H3. The smallest absolute Gasteiger partial charge is 0.118 e. The average Bonchev–Trinajstić information content (AvgIpc) is 2.49. The van der Waals surface area contributed by atoms with E-state index in [1.807, 2.05) is 42.5 Å². The lowest BCUT2D eigenvalue weighted by Gasteiger charge is -2.13. The molecule has 0 aliphatic carbocycles. The van der Waals surface area contributed by atoms with Gasteiger partial charge in [0, 0.05) is 6.61 Å². The topological polar surface area (TPSA) is 18.5 Å². The zero-order valence-corrected chi connectivity index (χ0v) is 11.8. The summed E-state index contributed by atoms with van der Waals surface area (Å²) >= 11 is 0. The second-order valence-electron chi connectivity index (χ2n) is 4.81. The third kappa shape index (κ3) is 4.74. The summed E-state index contributed by atoms with van der Waals surface area (Å²) in [5.41, 5.74) is 2.37. The van der Waals surface area contributed by atoms with E-state index in [9.17, 15) is 0 Å². The van der Waals surface area contributed by atoms with Crippen molar-refractivity contribution in [2.75, 3.05) is 13.7 Å². The van der Waals surface area contributed by atoms with Crippen LogP contribution in [0.2, 0.25) is 5.82 Å². The van der Waals surface area contributed by atoms with Gasteiger partial charge in [-0.2, -0.15) is 0 Å². The Labute approximate surface area is 122 Å². The highest BCUT2D eigenvalue weighted by Crippen LogP contribution is 2.16. The van der Waals surface area contributed by atoms with Gasteiger partial charge in [-0.3, -0.25) is 0 Å². The average molecular weight is 266 g/mol. The zero-order chi connectivity index (χ0) is 14.2. The fraction of sp³-hybridized carbons (Fsp3) is 0.294. The molecule has 0 bridgehead atoms. The van der Waals surface area contributed by atoms with E-state index >= 15 is 0 Å². The van der Waals surface area contributed by atoms with Crippen molar-refractivity contribution < 1.29 is 9.47 Å². The van der Waals surface area contributed by atoms with Crippen molar-refractivity contribution in [3.63, 3.8) is 0 Å². The van der Waals surface area contributed by atoms with Gasteiger partial charge in [0.2, 0.25) is 0 Å². The lowest BCUT2D eigenvalue weighted by atomic mass is 9.83. The van der Waals surface area contributed by atoms with Gasteiger partial charge in [-0.15, -0.1) is 0 Å². The van der Waals surface area contributed by atoms with E-state index in [4.69, 9.17) is 17.3 Å². The van der Waals surface area contributed by atoms with Crippen LogP contribution < -0.4 is 4.74 Å². The Morgan fingerprint density at radius 2 is 1.65 bits per heavy atom. The summed E-state index contributed by atoms with van der Waals surface area (Å²) in [7, 11) is 7.75. The summed E-state index contributed by atoms with van der Waals surface area (Å²) in [5, 5.41) is 0. The monoisotopic (exact) mass is 266 g/mol. The molecule has 2 radical (unpaired) electrons. The van der Waals surface area contributed by atoms with Crippen molar-refractivity contribution >= 4 is 7.85 Å². The molecule has 0 aliphatic heterocycles. The number of hydrogen-bond donors (Lipinski definition) is 0. The molecule has 2 aromatic carbocycles. The summed E-state index contributed by atoms with van der Waals surface area (Å²) in [5.74, 6) is 0.870. The zero-order valence-electron chi connectivity index (χ0n) is 11.8. The lowest BCUT2D eigenvalue weighted by Crippen LogP contribution is -2.07. The van der Waals surface area contributed by atoms with Crippen LogP contribution in [-0.2, 0) is 17.8 Å². The van der Waals surface area contributed by atoms with Gasteiger partial charge >= 0.3 is 0 Å². The first kappa shape index (κ1) is 14.7. The largest absolute Gasteiger partial charge is 0.497 e. The minimum atomic E-state index is 0.00658. The number of methoxy groups -OCH3 is 1. The van der Waals surface area contributed by atoms with Gasteiger partial charge < -0.3 is 9.47 Å². The summed E-state index contributed by atoms with van der Waals surface area (Å²) in [6.45, 7) is 1.16. The molecule has 2 nitrogen and oxygen atoms in total. The van der Waals surface area contributed by atoms with Crippen molar-refractivity contribution in [3.8, 4) is 5.75 Å². The summed E-state index contributed by atoms with van der Waals surface area (Å²) < 4.78 is 10.8. The Kier molecular flexibility index (Phi) is 5.69. The predicted molar refractivity (Wildman–Crippen MR) is 82.3 cm³/mol. The van der Waals surface area contributed by atoms with Crippen LogP contribution in [0.3, 0.4) is 0 Å². The van der Waals surface area contributed by atoms with Crippen molar-refractivity contribution in [1.29, 1.82) is 0 Å². The molecule has 3 heteroatoms. The van der Waals surface area contributed by atoms with Gasteiger partial charge in [0.25, 0.3) is 0 Å². The van der Waals surface area contributed by atoms with E-state index in [2.05, 4.69) is 12.1 Å². The van der Waals surface area contributed by atoms with Gasteiger partial charge in [-0.05, 0) is 29.7 Å². The molecular formula is C17H19BO2. The van der Waals surface area contributed by atoms with Crippen LogP contribution in [0.4, 0.5) is 0 Å². The molecule has 1 atom stereocenters. The Morgan fingerprint density at radius 1 is 0.950 bits per heavy atom. The number of benzene rings is 2. The van der Waals surface area contributed by atoms with E-state index in [1.165, 1.54) is 11.1 Å². The molecule has 2 aromatic rings. The normalized spacial score (nSPS) is 12.1. The predicted octanol–water partition coefficient (Wildman–Crippen LogP) is 3.41. The third-order valence-corrected chi connectivity index (χ3v) is 3.10. The minimum absolute atomic E-state index is 0.00658. The Hall–Kier alpha value is -1.74. The first-order valence-electron chi connectivity index (χ1n) is 6.78. The van der Waals surface area contributed by atoms with Crippen LogP contribution in [0.15, 0.2) is 54.6 Å². The highest BCUT2D eigenvalue weighted by molar-refractivity contribution is 6.11. The first-order valence-corrected chi connectivity index (χ1v) is 6.78. The van der Waals surface area contributed by atoms with Crippen molar-refractivity contribution in [2.24, 2.45) is 0 Å². The SMILES string of the molecule is [B]C(COCc1ccccc1)Cc1ccc(OC)cc1. The maximum Gasteiger partial charge on any atom is 0.118 e. The third-order valence-electron chi connectivity index (χ3n) is 3.10. The van der Waals surface area contributed by atoms with Gasteiger partial charge in [-0.1, -0.05) is 48.3 Å². The molecule has 102 valence electrons.